The first-order chi connectivity index (χ1) is 3.21. The summed E-state index contributed by atoms with van der Waals surface area (Å²) in [7, 11) is 0. The summed E-state index contributed by atoms with van der Waals surface area (Å²) in [6, 6.07) is 0. The second-order valence-corrected chi connectivity index (χ2v) is 2.74. The van der Waals surface area contributed by atoms with Gasteiger partial charge in [0.25, 0.3) is 0 Å². The molecule has 0 saturated carbocycles. The SMILES string of the molecule is [O-][N+]1([O-])CCCS1. The molecule has 1 saturated heterocycles. The van der Waals surface area contributed by atoms with Crippen LogP contribution in [0.2, 0.25) is 0 Å². The van der Waals surface area contributed by atoms with Crippen LogP contribution < -0.4 is 0 Å². The topological polar surface area (TPSA) is 46.1 Å². The maximum Gasteiger partial charge on any atom is 0.0897 e. The van der Waals surface area contributed by atoms with Gasteiger partial charge in [-0.15, -0.1) is 0 Å². The largest absolute Gasteiger partial charge is 0.619 e. The Labute approximate surface area is 46.2 Å². The first-order valence-electron chi connectivity index (χ1n) is 2.15. The van der Waals surface area contributed by atoms with Gasteiger partial charge in [0.1, 0.15) is 0 Å². The molecule has 0 amide bonds. The molecule has 0 N–H and O–H groups in total. The van der Waals surface area contributed by atoms with Crippen LogP contribution >= 0.6 is 11.9 Å². The minimum absolute atomic E-state index is 0.241. The predicted molar refractivity (Wildman–Crippen MR) is 28.9 cm³/mol. The molecule has 1 heterocycles. The standard InChI is InChI=1S/C3H6NO2S/c5-4(6)2-1-3-7-4/h1-3H2/q-1. The Hall–Kier alpha value is 0.230. The van der Waals surface area contributed by atoms with Gasteiger partial charge in [0.05, 0.1) is 24.2 Å². The van der Waals surface area contributed by atoms with Gasteiger partial charge >= 0.3 is 0 Å². The third-order valence-corrected chi connectivity index (χ3v) is 1.91. The molecule has 0 aromatic heterocycles. The molecule has 0 bridgehead atoms. The van der Waals surface area contributed by atoms with Gasteiger partial charge in [-0.2, -0.15) is 0 Å². The van der Waals surface area contributed by atoms with Gasteiger partial charge in [-0.3, -0.25) is 0 Å². The number of hydrogen-bond acceptors (Lipinski definition) is 3. The molecule has 1 rings (SSSR count). The van der Waals surface area contributed by atoms with Crippen LogP contribution in [0, 0.1) is 10.4 Å². The Balaban J connectivity index is 2.40. The van der Waals surface area contributed by atoms with Crippen molar-refractivity contribution in [2.24, 2.45) is 0 Å². The molecule has 1 fully saturated rings. The highest BCUT2D eigenvalue weighted by atomic mass is 32.2. The quantitative estimate of drug-likeness (QED) is 0.270. The fraction of sp³-hybridized carbons (Fsp3) is 1.00. The van der Waals surface area contributed by atoms with Crippen molar-refractivity contribution in [3.05, 3.63) is 10.4 Å². The highest BCUT2D eigenvalue weighted by Crippen LogP contribution is 2.26. The third kappa shape index (κ3) is 1.31. The summed E-state index contributed by atoms with van der Waals surface area (Å²) in [6.07, 6.45) is 0.775. The molecule has 3 nitrogen and oxygen atoms in total. The van der Waals surface area contributed by atoms with E-state index in [0.717, 1.165) is 24.1 Å². The van der Waals surface area contributed by atoms with Crippen LogP contribution in [0.25, 0.3) is 0 Å². The summed E-state index contributed by atoms with van der Waals surface area (Å²) < 4.78 is -1.33. The Morgan fingerprint density at radius 3 is 2.29 bits per heavy atom. The van der Waals surface area contributed by atoms with E-state index in [1.54, 1.807) is 0 Å². The zero-order chi connectivity index (χ0) is 5.33. The van der Waals surface area contributed by atoms with Crippen molar-refractivity contribution in [3.63, 3.8) is 0 Å². The van der Waals surface area contributed by atoms with Crippen molar-refractivity contribution in [1.29, 1.82) is 0 Å². The number of nitrogens with zero attached hydrogens (tertiary/aromatic N) is 1. The molecule has 0 aliphatic carbocycles. The van der Waals surface area contributed by atoms with Gasteiger partial charge < -0.3 is 14.6 Å². The van der Waals surface area contributed by atoms with E-state index in [9.17, 15) is 10.4 Å². The first kappa shape index (κ1) is 5.37. The Kier molecular flexibility index (Phi) is 1.25. The van der Waals surface area contributed by atoms with E-state index in [4.69, 9.17) is 0 Å². The minimum atomic E-state index is -1.33. The molecule has 0 spiro atoms. The average molecular weight is 120 g/mol. The Morgan fingerprint density at radius 2 is 2.14 bits per heavy atom. The monoisotopic (exact) mass is 120 g/mol. The maximum absolute atomic E-state index is 10.2. The van der Waals surface area contributed by atoms with E-state index < -0.39 is 4.21 Å². The summed E-state index contributed by atoms with van der Waals surface area (Å²) in [5, 5.41) is 20.5. The predicted octanol–water partition coefficient (Wildman–Crippen LogP) is 0.851. The summed E-state index contributed by atoms with van der Waals surface area (Å²) >= 11 is 0.926. The first-order valence-corrected chi connectivity index (χ1v) is 3.10. The van der Waals surface area contributed by atoms with Crippen molar-refractivity contribution in [3.8, 4) is 0 Å². The lowest BCUT2D eigenvalue weighted by atomic mass is 10.5. The van der Waals surface area contributed by atoms with Crippen molar-refractivity contribution >= 4 is 11.9 Å². The summed E-state index contributed by atoms with van der Waals surface area (Å²) in [5.41, 5.74) is 0. The Morgan fingerprint density at radius 1 is 1.43 bits per heavy atom. The molecule has 0 aromatic rings. The molecule has 1 aliphatic heterocycles. The maximum atomic E-state index is 10.2. The van der Waals surface area contributed by atoms with Crippen LogP contribution in [0.5, 0.6) is 0 Å². The number of rotatable bonds is 0. The molecule has 0 radical (unpaired) electrons. The van der Waals surface area contributed by atoms with Gasteiger partial charge in [0, 0.05) is 6.42 Å². The van der Waals surface area contributed by atoms with E-state index in [2.05, 4.69) is 0 Å². The van der Waals surface area contributed by atoms with Crippen molar-refractivity contribution in [2.45, 2.75) is 6.42 Å². The van der Waals surface area contributed by atoms with E-state index in [-0.39, 0.29) is 6.54 Å². The number of quaternary nitrogens is 1. The zero-order valence-electron chi connectivity index (χ0n) is 3.79. The fourth-order valence-corrected chi connectivity index (χ4v) is 1.32. The van der Waals surface area contributed by atoms with E-state index >= 15 is 0 Å². The molecular formula is C3H6NO2S-. The molecular weight excluding hydrogens is 114 g/mol. The summed E-state index contributed by atoms with van der Waals surface area (Å²) in [6.45, 7) is 0.241. The average Bonchev–Trinajstić information content (AvgIpc) is 1.84. The van der Waals surface area contributed by atoms with Crippen molar-refractivity contribution in [1.82, 2.24) is 0 Å². The fourth-order valence-electron chi connectivity index (χ4n) is 0.526. The zero-order valence-corrected chi connectivity index (χ0v) is 4.61. The molecule has 0 atom stereocenters. The highest BCUT2D eigenvalue weighted by Gasteiger charge is 2.14. The lowest BCUT2D eigenvalue weighted by Crippen LogP contribution is -2.21. The lowest BCUT2D eigenvalue weighted by Gasteiger charge is -2.39. The van der Waals surface area contributed by atoms with Crippen LogP contribution in [-0.2, 0) is 0 Å². The number of hydroxylamine groups is 2. The highest BCUT2D eigenvalue weighted by molar-refractivity contribution is 7.94. The van der Waals surface area contributed by atoms with Crippen molar-refractivity contribution < 1.29 is 4.21 Å². The van der Waals surface area contributed by atoms with Gasteiger partial charge in [0.2, 0.25) is 0 Å². The normalized spacial score (nSPS) is 28.3. The van der Waals surface area contributed by atoms with Crippen LogP contribution in [0.3, 0.4) is 0 Å². The molecule has 7 heavy (non-hydrogen) atoms. The van der Waals surface area contributed by atoms with Gasteiger partial charge in [-0.05, 0) is 0 Å². The van der Waals surface area contributed by atoms with Crippen LogP contribution in [0.1, 0.15) is 6.42 Å². The van der Waals surface area contributed by atoms with Gasteiger partial charge in [0.15, 0.2) is 0 Å². The van der Waals surface area contributed by atoms with Gasteiger partial charge in [-0.25, -0.2) is 0 Å². The van der Waals surface area contributed by atoms with E-state index in [1.165, 1.54) is 0 Å². The van der Waals surface area contributed by atoms with Crippen LogP contribution in [0.4, 0.5) is 0 Å². The van der Waals surface area contributed by atoms with Gasteiger partial charge in [-0.1, -0.05) is 0 Å². The van der Waals surface area contributed by atoms with Crippen molar-refractivity contribution in [2.75, 3.05) is 12.3 Å². The summed E-state index contributed by atoms with van der Waals surface area (Å²) in [4.78, 5) is 0. The molecule has 4 heteroatoms. The Bertz CT molecular complexity index is 67.3. The van der Waals surface area contributed by atoms with E-state index in [1.807, 2.05) is 0 Å². The third-order valence-electron chi connectivity index (χ3n) is 0.864. The molecule has 0 unspecified atom stereocenters. The van der Waals surface area contributed by atoms with Crippen LogP contribution in [-0.4, -0.2) is 16.5 Å². The second-order valence-electron chi connectivity index (χ2n) is 1.52. The van der Waals surface area contributed by atoms with Crippen LogP contribution in [0.15, 0.2) is 0 Å². The molecule has 0 aromatic carbocycles. The second kappa shape index (κ2) is 1.63. The minimum Gasteiger partial charge on any atom is -0.619 e. The summed E-state index contributed by atoms with van der Waals surface area (Å²) in [5.74, 6) is 0.729. The number of hydrogen-bond donors (Lipinski definition) is 0. The van der Waals surface area contributed by atoms with E-state index in [0.29, 0.717) is 0 Å². The lowest BCUT2D eigenvalue weighted by molar-refractivity contribution is -0.676. The smallest absolute Gasteiger partial charge is 0.0897 e. The molecule has 42 valence electrons. The molecule has 1 aliphatic rings.